The van der Waals surface area contributed by atoms with Gasteiger partial charge in [-0.05, 0) is 55.4 Å². The lowest BCUT2D eigenvalue weighted by Gasteiger charge is -2.40. The van der Waals surface area contributed by atoms with E-state index in [1.165, 1.54) is 11.8 Å². The molecule has 1 aromatic carbocycles. The van der Waals surface area contributed by atoms with E-state index in [-0.39, 0.29) is 30.2 Å². The lowest BCUT2D eigenvalue weighted by molar-refractivity contribution is 0.101. The fraction of sp³-hybridized carbons (Fsp3) is 0.462. The molecule has 0 spiro atoms. The van der Waals surface area contributed by atoms with Crippen molar-refractivity contribution in [2.24, 2.45) is 0 Å². The molecule has 1 saturated heterocycles. The number of aliphatic hydroxyl groups excluding tert-OH is 1. The van der Waals surface area contributed by atoms with Gasteiger partial charge in [-0.2, -0.15) is 0 Å². The average molecular weight is 477 g/mol. The van der Waals surface area contributed by atoms with Gasteiger partial charge in [-0.25, -0.2) is 9.78 Å². The van der Waals surface area contributed by atoms with E-state index in [2.05, 4.69) is 39.2 Å². The van der Waals surface area contributed by atoms with Crippen LogP contribution in [0.15, 0.2) is 30.5 Å². The number of urea groups is 1. The van der Waals surface area contributed by atoms with Crippen LogP contribution in [-0.2, 0) is 0 Å². The Labute approximate surface area is 205 Å². The number of H-pyrrole nitrogens is 1. The molecule has 0 radical (unpaired) electrons. The number of β-amino-alcohol motifs (C(OH)–C–C–N with tert-alkyl or cyclic N) is 1. The molecule has 35 heavy (non-hydrogen) atoms. The number of carbonyl (C=O) groups excluding carboxylic acids is 2. The Balaban J connectivity index is 1.65. The van der Waals surface area contributed by atoms with E-state index in [1.807, 2.05) is 17.0 Å². The number of hydrogen-bond acceptors (Lipinski definition) is 4. The van der Waals surface area contributed by atoms with Crippen LogP contribution in [0.1, 0.15) is 66.7 Å². The highest BCUT2D eigenvalue weighted by Gasteiger charge is 2.32. The minimum atomic E-state index is -0.392. The van der Waals surface area contributed by atoms with Crippen molar-refractivity contribution in [3.63, 3.8) is 0 Å². The van der Waals surface area contributed by atoms with E-state index in [0.717, 1.165) is 43.2 Å². The lowest BCUT2D eigenvalue weighted by Crippen LogP contribution is -2.53. The van der Waals surface area contributed by atoms with Crippen LogP contribution in [0.4, 0.5) is 16.3 Å². The van der Waals surface area contributed by atoms with E-state index in [0.29, 0.717) is 31.9 Å². The molecule has 1 aromatic heterocycles. The van der Waals surface area contributed by atoms with Crippen LogP contribution >= 0.6 is 0 Å². The molecule has 9 nitrogen and oxygen atoms in total. The fourth-order valence-corrected chi connectivity index (χ4v) is 4.86. The summed E-state index contributed by atoms with van der Waals surface area (Å²) in [5, 5.41) is 12.4. The Morgan fingerprint density at radius 3 is 2.74 bits per heavy atom. The second-order valence-electron chi connectivity index (χ2n) is 9.06. The Morgan fingerprint density at radius 2 is 2.09 bits per heavy atom. The van der Waals surface area contributed by atoms with E-state index in [1.54, 1.807) is 4.90 Å². The Kier molecular flexibility index (Phi) is 7.83. The highest BCUT2D eigenvalue weighted by atomic mass is 16.3. The SMILES string of the molecule is [C-]#[N+]c1cnc(C(=O)Nc2ccc(C3CN(CCC)C(=O)N(CCO)C3)cc2C2=CCCCC2)[nH]1. The number of benzene rings is 1. The minimum absolute atomic E-state index is 0.0199. The predicted molar refractivity (Wildman–Crippen MR) is 134 cm³/mol. The molecule has 2 aromatic rings. The van der Waals surface area contributed by atoms with Gasteiger partial charge in [-0.15, -0.1) is 0 Å². The molecular formula is C26H32N6O3. The Morgan fingerprint density at radius 1 is 1.29 bits per heavy atom. The Bertz CT molecular complexity index is 1130. The first-order valence-corrected chi connectivity index (χ1v) is 12.3. The number of nitrogens with one attached hydrogen (secondary N) is 2. The van der Waals surface area contributed by atoms with Gasteiger partial charge in [-0.1, -0.05) is 25.6 Å². The molecular weight excluding hydrogens is 444 g/mol. The molecule has 3 N–H and O–H groups in total. The molecule has 1 fully saturated rings. The second kappa shape index (κ2) is 11.2. The van der Waals surface area contributed by atoms with Gasteiger partial charge in [-0.3, -0.25) is 9.78 Å². The Hall–Kier alpha value is -3.64. The van der Waals surface area contributed by atoms with E-state index < -0.39 is 5.91 Å². The molecule has 1 unspecified atom stereocenters. The van der Waals surface area contributed by atoms with Crippen molar-refractivity contribution in [2.75, 3.05) is 38.1 Å². The van der Waals surface area contributed by atoms with Crippen LogP contribution in [0.5, 0.6) is 0 Å². The van der Waals surface area contributed by atoms with Crippen molar-refractivity contribution in [3.8, 4) is 0 Å². The van der Waals surface area contributed by atoms with Gasteiger partial charge in [0.15, 0.2) is 0 Å². The molecule has 1 aliphatic carbocycles. The number of carbonyl (C=O) groups is 2. The number of aromatic nitrogens is 2. The van der Waals surface area contributed by atoms with Crippen molar-refractivity contribution in [3.05, 3.63) is 58.8 Å². The van der Waals surface area contributed by atoms with Crippen LogP contribution in [0, 0.1) is 6.57 Å². The van der Waals surface area contributed by atoms with Gasteiger partial charge in [0, 0.05) is 43.3 Å². The highest BCUT2D eigenvalue weighted by molar-refractivity contribution is 6.03. The van der Waals surface area contributed by atoms with E-state index >= 15 is 0 Å². The van der Waals surface area contributed by atoms with Crippen molar-refractivity contribution in [2.45, 2.75) is 44.9 Å². The monoisotopic (exact) mass is 476 g/mol. The maximum Gasteiger partial charge on any atom is 0.320 e. The summed E-state index contributed by atoms with van der Waals surface area (Å²) in [5.74, 6) is 0.0301. The first-order chi connectivity index (χ1) is 17.0. The summed E-state index contributed by atoms with van der Waals surface area (Å²) in [6.45, 7) is 11.2. The molecule has 0 saturated carbocycles. The molecule has 1 atom stereocenters. The van der Waals surface area contributed by atoms with Gasteiger partial charge < -0.3 is 25.1 Å². The largest absolute Gasteiger partial charge is 0.395 e. The number of allylic oxidation sites excluding steroid dienone is 2. The van der Waals surface area contributed by atoms with Gasteiger partial charge in [0.25, 0.3) is 5.82 Å². The van der Waals surface area contributed by atoms with Crippen molar-refractivity contribution < 1.29 is 14.7 Å². The van der Waals surface area contributed by atoms with Gasteiger partial charge in [0.2, 0.25) is 5.82 Å². The number of aromatic amines is 1. The number of amides is 3. The zero-order chi connectivity index (χ0) is 24.8. The van der Waals surface area contributed by atoms with Crippen LogP contribution in [0.25, 0.3) is 10.4 Å². The number of imidazole rings is 1. The maximum absolute atomic E-state index is 12.8. The van der Waals surface area contributed by atoms with Gasteiger partial charge >= 0.3 is 11.9 Å². The number of rotatable bonds is 8. The molecule has 3 amide bonds. The summed E-state index contributed by atoms with van der Waals surface area (Å²) in [7, 11) is 0. The summed E-state index contributed by atoms with van der Waals surface area (Å²) < 4.78 is 0. The zero-order valence-electron chi connectivity index (χ0n) is 20.1. The quantitative estimate of drug-likeness (QED) is 0.491. The maximum atomic E-state index is 12.8. The van der Waals surface area contributed by atoms with Crippen LogP contribution in [0.3, 0.4) is 0 Å². The van der Waals surface area contributed by atoms with Gasteiger partial charge in [0.05, 0.1) is 12.8 Å². The summed E-state index contributed by atoms with van der Waals surface area (Å²) in [5.41, 5.74) is 4.01. The smallest absolute Gasteiger partial charge is 0.320 e. The van der Waals surface area contributed by atoms with Crippen LogP contribution in [0.2, 0.25) is 0 Å². The summed E-state index contributed by atoms with van der Waals surface area (Å²) in [4.78, 5) is 39.2. The molecule has 4 rings (SSSR count). The standard InChI is InChI=1S/C26H32N6O3/c1-3-11-31-16-20(17-32(12-13-33)26(31)35)19-9-10-22(21(14-19)18-7-5-4-6-8-18)29-25(34)24-28-15-23(27-2)30-24/h7,9-10,14-15,20,33H,3-6,8,11-13,16-17H2,1H3,(H,28,30)(H,29,34). The average Bonchev–Trinajstić information content (AvgIpc) is 3.37. The predicted octanol–water partition coefficient (Wildman–Crippen LogP) is 4.39. The van der Waals surface area contributed by atoms with E-state index in [4.69, 9.17) is 6.57 Å². The molecule has 184 valence electrons. The molecule has 0 bridgehead atoms. The summed E-state index contributed by atoms with van der Waals surface area (Å²) in [6.07, 6.45) is 8.67. The zero-order valence-corrected chi connectivity index (χ0v) is 20.1. The minimum Gasteiger partial charge on any atom is -0.395 e. The number of hydrogen-bond donors (Lipinski definition) is 3. The van der Waals surface area contributed by atoms with Crippen molar-refractivity contribution >= 4 is 29.0 Å². The summed E-state index contributed by atoms with van der Waals surface area (Å²) >= 11 is 0. The lowest BCUT2D eigenvalue weighted by atomic mass is 9.88. The highest BCUT2D eigenvalue weighted by Crippen LogP contribution is 2.35. The third-order valence-electron chi connectivity index (χ3n) is 6.58. The van der Waals surface area contributed by atoms with Gasteiger partial charge in [0.1, 0.15) is 0 Å². The molecule has 1 aliphatic heterocycles. The van der Waals surface area contributed by atoms with Crippen LogP contribution < -0.4 is 5.32 Å². The number of anilines is 1. The van der Waals surface area contributed by atoms with Crippen LogP contribution in [-0.4, -0.2) is 69.6 Å². The number of aliphatic hydroxyl groups is 1. The van der Waals surface area contributed by atoms with Crippen molar-refractivity contribution in [1.82, 2.24) is 19.8 Å². The third kappa shape index (κ3) is 5.54. The fourth-order valence-electron chi connectivity index (χ4n) is 4.86. The molecule has 9 heteroatoms. The summed E-state index contributed by atoms with van der Waals surface area (Å²) in [6, 6.07) is 6.06. The molecule has 2 aliphatic rings. The normalized spacial score (nSPS) is 18.3. The third-order valence-corrected chi connectivity index (χ3v) is 6.58. The second-order valence-corrected chi connectivity index (χ2v) is 9.06. The first-order valence-electron chi connectivity index (χ1n) is 12.3. The topological polar surface area (TPSA) is 106 Å². The molecule has 2 heterocycles. The number of nitrogens with zero attached hydrogens (tertiary/aromatic N) is 4. The van der Waals surface area contributed by atoms with E-state index in [9.17, 15) is 14.7 Å². The van der Waals surface area contributed by atoms with Crippen molar-refractivity contribution in [1.29, 1.82) is 0 Å². The first kappa shape index (κ1) is 24.5.